The second-order valence-corrected chi connectivity index (χ2v) is 8.09. The minimum atomic E-state index is 0.352. The first-order chi connectivity index (χ1) is 9.30. The van der Waals surface area contributed by atoms with E-state index in [1.54, 1.807) is 0 Å². The predicted octanol–water partition coefficient (Wildman–Crippen LogP) is 6.66. The molecule has 1 heteroatoms. The Morgan fingerprint density at radius 1 is 1.05 bits per heavy atom. The van der Waals surface area contributed by atoms with Crippen LogP contribution in [0.5, 0.6) is 0 Å². The Morgan fingerprint density at radius 2 is 1.70 bits per heavy atom. The fourth-order valence-electron chi connectivity index (χ4n) is 2.60. The van der Waals surface area contributed by atoms with Gasteiger partial charge in [-0.25, -0.2) is 0 Å². The third-order valence-electron chi connectivity index (χ3n) is 4.54. The molecular formula is C19H25Br. The quantitative estimate of drug-likeness (QED) is 0.551. The average molecular weight is 333 g/mol. The molecule has 0 amide bonds. The summed E-state index contributed by atoms with van der Waals surface area (Å²) in [6.07, 6.45) is 1.17. The van der Waals surface area contributed by atoms with Crippen LogP contribution < -0.4 is 0 Å². The van der Waals surface area contributed by atoms with Gasteiger partial charge in [0.15, 0.2) is 0 Å². The summed E-state index contributed by atoms with van der Waals surface area (Å²) in [5.41, 5.74) is 3.19. The van der Waals surface area contributed by atoms with Gasteiger partial charge in [0.1, 0.15) is 0 Å². The summed E-state index contributed by atoms with van der Waals surface area (Å²) in [7, 11) is 0. The fourth-order valence-corrected chi connectivity index (χ4v) is 3.77. The molecule has 2 aromatic rings. The normalized spacial score (nSPS) is 15.3. The Kier molecular flexibility index (Phi) is 4.59. The van der Waals surface area contributed by atoms with Gasteiger partial charge in [0.25, 0.3) is 0 Å². The van der Waals surface area contributed by atoms with E-state index in [-0.39, 0.29) is 0 Å². The molecule has 0 bridgehead atoms. The van der Waals surface area contributed by atoms with Crippen LogP contribution in [-0.4, -0.2) is 0 Å². The van der Waals surface area contributed by atoms with Crippen LogP contribution in [0.25, 0.3) is 10.8 Å². The highest BCUT2D eigenvalue weighted by Crippen LogP contribution is 2.40. The predicted molar refractivity (Wildman–Crippen MR) is 93.6 cm³/mol. The van der Waals surface area contributed by atoms with Gasteiger partial charge in [-0.2, -0.15) is 0 Å². The molecule has 0 fully saturated rings. The van der Waals surface area contributed by atoms with E-state index in [1.165, 1.54) is 28.3 Å². The van der Waals surface area contributed by atoms with Crippen molar-refractivity contribution in [3.63, 3.8) is 0 Å². The van der Waals surface area contributed by atoms with Crippen LogP contribution >= 0.6 is 15.9 Å². The maximum atomic E-state index is 3.95. The lowest BCUT2D eigenvalue weighted by Gasteiger charge is -2.30. The topological polar surface area (TPSA) is 0 Å². The van der Waals surface area contributed by atoms with Gasteiger partial charge in [0, 0.05) is 4.83 Å². The summed E-state index contributed by atoms with van der Waals surface area (Å²) in [6.45, 7) is 11.6. The van der Waals surface area contributed by atoms with Crippen LogP contribution in [0.1, 0.15) is 50.1 Å². The summed E-state index contributed by atoms with van der Waals surface area (Å²) in [5.74, 6) is 0.672. The molecule has 0 saturated carbocycles. The molecule has 0 saturated heterocycles. The van der Waals surface area contributed by atoms with Crippen molar-refractivity contribution in [3.05, 3.63) is 47.5 Å². The highest BCUT2D eigenvalue weighted by atomic mass is 79.9. The smallest absolute Gasteiger partial charge is 0.0406 e. The van der Waals surface area contributed by atoms with Gasteiger partial charge >= 0.3 is 0 Å². The van der Waals surface area contributed by atoms with Crippen molar-refractivity contribution >= 4 is 26.7 Å². The molecule has 2 atom stereocenters. The molecular weight excluding hydrogens is 308 g/mol. The van der Waals surface area contributed by atoms with E-state index in [2.05, 4.69) is 86.9 Å². The Bertz CT molecular complexity index is 592. The first-order valence-corrected chi connectivity index (χ1v) is 8.34. The Hall–Kier alpha value is -0.820. The van der Waals surface area contributed by atoms with Gasteiger partial charge < -0.3 is 0 Å². The van der Waals surface area contributed by atoms with Crippen molar-refractivity contribution in [2.45, 2.75) is 45.9 Å². The number of rotatable bonds is 3. The number of fused-ring (bicyclic) bond motifs is 1. The average Bonchev–Trinajstić information content (AvgIpc) is 2.37. The monoisotopic (exact) mass is 332 g/mol. The molecule has 0 aromatic heterocycles. The van der Waals surface area contributed by atoms with Crippen molar-refractivity contribution in [1.82, 2.24) is 0 Å². The second-order valence-electron chi connectivity index (χ2n) is 6.99. The number of hydrogen-bond acceptors (Lipinski definition) is 0. The van der Waals surface area contributed by atoms with Crippen LogP contribution in [0, 0.1) is 18.3 Å². The van der Waals surface area contributed by atoms with E-state index >= 15 is 0 Å². The minimum Gasteiger partial charge on any atom is -0.0838 e. The molecule has 0 radical (unpaired) electrons. The lowest BCUT2D eigenvalue weighted by atomic mass is 9.78. The lowest BCUT2D eigenvalue weighted by molar-refractivity contribution is 0.247. The number of halogens is 1. The Morgan fingerprint density at radius 3 is 2.35 bits per heavy atom. The maximum absolute atomic E-state index is 3.95. The molecule has 0 aliphatic rings. The summed E-state index contributed by atoms with van der Waals surface area (Å²) in [5, 5.41) is 2.72. The molecule has 2 rings (SSSR count). The van der Waals surface area contributed by atoms with Crippen LogP contribution in [0.15, 0.2) is 36.4 Å². The van der Waals surface area contributed by atoms with Gasteiger partial charge in [-0.1, -0.05) is 80.0 Å². The highest BCUT2D eigenvalue weighted by molar-refractivity contribution is 9.09. The van der Waals surface area contributed by atoms with E-state index in [0.717, 1.165) is 0 Å². The summed E-state index contributed by atoms with van der Waals surface area (Å²) < 4.78 is 0. The van der Waals surface area contributed by atoms with Crippen LogP contribution in [0.4, 0.5) is 0 Å². The van der Waals surface area contributed by atoms with E-state index < -0.39 is 0 Å². The summed E-state index contributed by atoms with van der Waals surface area (Å²) >= 11 is 3.95. The van der Waals surface area contributed by atoms with Crippen molar-refractivity contribution in [2.75, 3.05) is 0 Å². The van der Waals surface area contributed by atoms with Gasteiger partial charge in [0.05, 0.1) is 0 Å². The number of hydrogen-bond donors (Lipinski definition) is 0. The van der Waals surface area contributed by atoms with Gasteiger partial charge in [-0.3, -0.25) is 0 Å². The molecule has 0 aliphatic carbocycles. The summed E-state index contributed by atoms with van der Waals surface area (Å²) in [6, 6.07) is 13.2. The maximum Gasteiger partial charge on any atom is 0.0406 e. The standard InChI is InChI=1S/C19H25Br/c1-13-10-11-15-8-6-7-9-16(15)18(13)17(20)12-14(2)19(3,4)5/h6-11,14,17H,12H2,1-5H3. The molecule has 2 unspecified atom stereocenters. The van der Waals surface area contributed by atoms with Gasteiger partial charge in [0.2, 0.25) is 0 Å². The van der Waals surface area contributed by atoms with Crippen molar-refractivity contribution in [1.29, 1.82) is 0 Å². The van der Waals surface area contributed by atoms with E-state index in [9.17, 15) is 0 Å². The fraction of sp³-hybridized carbons (Fsp3) is 0.474. The van der Waals surface area contributed by atoms with Crippen LogP contribution in [0.3, 0.4) is 0 Å². The van der Waals surface area contributed by atoms with Crippen molar-refractivity contribution < 1.29 is 0 Å². The van der Waals surface area contributed by atoms with E-state index in [1.807, 2.05) is 0 Å². The molecule has 2 aromatic carbocycles. The highest BCUT2D eigenvalue weighted by Gasteiger charge is 2.24. The second kappa shape index (κ2) is 5.89. The minimum absolute atomic E-state index is 0.352. The summed E-state index contributed by atoms with van der Waals surface area (Å²) in [4.78, 5) is 0.419. The Balaban J connectivity index is 2.39. The van der Waals surface area contributed by atoms with Crippen LogP contribution in [0.2, 0.25) is 0 Å². The lowest BCUT2D eigenvalue weighted by Crippen LogP contribution is -2.18. The SMILES string of the molecule is Cc1ccc2ccccc2c1C(Br)CC(C)C(C)(C)C. The number of alkyl halides is 1. The third-order valence-corrected chi connectivity index (χ3v) is 5.37. The molecule has 0 N–H and O–H groups in total. The Labute approximate surface area is 131 Å². The molecule has 0 aliphatic heterocycles. The van der Waals surface area contributed by atoms with E-state index in [4.69, 9.17) is 0 Å². The molecule has 0 nitrogen and oxygen atoms in total. The molecule has 0 heterocycles. The van der Waals surface area contributed by atoms with Crippen LogP contribution in [-0.2, 0) is 0 Å². The number of benzene rings is 2. The number of aryl methyl sites for hydroxylation is 1. The molecule has 0 spiro atoms. The zero-order chi connectivity index (χ0) is 14.9. The largest absolute Gasteiger partial charge is 0.0838 e. The third kappa shape index (κ3) is 3.25. The van der Waals surface area contributed by atoms with Crippen molar-refractivity contribution in [2.24, 2.45) is 11.3 Å². The van der Waals surface area contributed by atoms with Gasteiger partial charge in [-0.15, -0.1) is 0 Å². The zero-order valence-electron chi connectivity index (χ0n) is 13.2. The van der Waals surface area contributed by atoms with E-state index in [0.29, 0.717) is 16.2 Å². The van der Waals surface area contributed by atoms with Gasteiger partial charge in [-0.05, 0) is 46.6 Å². The molecule has 108 valence electrons. The molecule has 20 heavy (non-hydrogen) atoms. The first-order valence-electron chi connectivity index (χ1n) is 7.43. The first kappa shape index (κ1) is 15.6. The zero-order valence-corrected chi connectivity index (χ0v) is 14.8. The van der Waals surface area contributed by atoms with Crippen molar-refractivity contribution in [3.8, 4) is 0 Å².